The van der Waals surface area contributed by atoms with Crippen LogP contribution in [0.2, 0.25) is 0 Å². The average Bonchev–Trinajstić information content (AvgIpc) is 2.61. The second-order valence-electron chi connectivity index (χ2n) is 6.49. The highest BCUT2D eigenvalue weighted by atomic mass is 35.5. The molecule has 6 nitrogen and oxygen atoms in total. The van der Waals surface area contributed by atoms with Crippen molar-refractivity contribution in [2.45, 2.75) is 39.3 Å². The predicted molar refractivity (Wildman–Crippen MR) is 102 cm³/mol. The maximum atomic E-state index is 12.2. The van der Waals surface area contributed by atoms with E-state index in [1.807, 2.05) is 29.2 Å². The van der Waals surface area contributed by atoms with Gasteiger partial charge in [-0.25, -0.2) is 0 Å². The van der Waals surface area contributed by atoms with Gasteiger partial charge in [-0.2, -0.15) is 0 Å². The number of halogens is 1. The topological polar surface area (TPSA) is 78.9 Å². The van der Waals surface area contributed by atoms with Crippen LogP contribution in [0.5, 0.6) is 0 Å². The van der Waals surface area contributed by atoms with Crippen molar-refractivity contribution < 1.29 is 19.4 Å². The molecule has 0 radical (unpaired) electrons. The minimum atomic E-state index is -0.731. The van der Waals surface area contributed by atoms with E-state index in [0.717, 1.165) is 24.2 Å². The fourth-order valence-corrected chi connectivity index (χ4v) is 2.99. The van der Waals surface area contributed by atoms with Crippen LogP contribution in [0.1, 0.15) is 37.3 Å². The smallest absolute Gasteiger partial charge is 0.306 e. The van der Waals surface area contributed by atoms with Crippen molar-refractivity contribution >= 4 is 24.3 Å². The van der Waals surface area contributed by atoms with Gasteiger partial charge in [0.2, 0.25) is 5.91 Å². The Morgan fingerprint density at radius 2 is 1.88 bits per heavy atom. The maximum Gasteiger partial charge on any atom is 0.306 e. The van der Waals surface area contributed by atoms with Crippen molar-refractivity contribution in [3.8, 4) is 0 Å². The van der Waals surface area contributed by atoms with Crippen molar-refractivity contribution in [2.75, 3.05) is 26.2 Å². The Bertz CT molecular complexity index is 574. The summed E-state index contributed by atoms with van der Waals surface area (Å²) in [4.78, 5) is 25.2. The zero-order valence-electron chi connectivity index (χ0n) is 15.3. The fraction of sp³-hybridized carbons (Fsp3) is 0.579. The monoisotopic (exact) mass is 384 g/mol. The molecule has 1 aliphatic heterocycles. The molecule has 0 saturated carbocycles. The molecule has 1 aromatic carbocycles. The number of rotatable bonds is 9. The number of carboxylic acid groups (broad SMARTS) is 1. The molecule has 26 heavy (non-hydrogen) atoms. The van der Waals surface area contributed by atoms with Crippen LogP contribution >= 0.6 is 12.4 Å². The van der Waals surface area contributed by atoms with Crippen LogP contribution in [0.15, 0.2) is 24.3 Å². The molecule has 0 spiro atoms. The SMILES string of the molecule is CCCOCc1ccccc1CNC(=O)CN1CCC(C(=O)O)CC1.Cl. The van der Waals surface area contributed by atoms with Gasteiger partial charge in [-0.1, -0.05) is 31.2 Å². The molecule has 1 aromatic rings. The van der Waals surface area contributed by atoms with Crippen LogP contribution in [0.25, 0.3) is 0 Å². The number of carboxylic acids is 1. The summed E-state index contributed by atoms with van der Waals surface area (Å²) in [5.74, 6) is -1.03. The Morgan fingerprint density at radius 1 is 1.23 bits per heavy atom. The summed E-state index contributed by atoms with van der Waals surface area (Å²) in [6, 6.07) is 7.96. The van der Waals surface area contributed by atoms with Gasteiger partial charge in [0, 0.05) is 13.2 Å². The molecule has 2 rings (SSSR count). The van der Waals surface area contributed by atoms with E-state index >= 15 is 0 Å². The van der Waals surface area contributed by atoms with Gasteiger partial charge in [-0.3, -0.25) is 14.5 Å². The van der Waals surface area contributed by atoms with E-state index in [0.29, 0.717) is 45.6 Å². The summed E-state index contributed by atoms with van der Waals surface area (Å²) >= 11 is 0. The molecule has 0 bridgehead atoms. The predicted octanol–water partition coefficient (Wildman–Crippen LogP) is 2.45. The van der Waals surface area contributed by atoms with Gasteiger partial charge in [-0.15, -0.1) is 12.4 Å². The summed E-state index contributed by atoms with van der Waals surface area (Å²) in [5, 5.41) is 12.0. The van der Waals surface area contributed by atoms with E-state index in [-0.39, 0.29) is 24.2 Å². The molecular formula is C19H29ClN2O4. The quantitative estimate of drug-likeness (QED) is 0.639. The van der Waals surface area contributed by atoms with Crippen molar-refractivity contribution in [2.24, 2.45) is 5.92 Å². The molecule has 146 valence electrons. The van der Waals surface area contributed by atoms with E-state index in [9.17, 15) is 9.59 Å². The van der Waals surface area contributed by atoms with Gasteiger partial charge in [0.1, 0.15) is 0 Å². The van der Waals surface area contributed by atoms with Crippen molar-refractivity contribution in [3.05, 3.63) is 35.4 Å². The average molecular weight is 385 g/mol. The number of nitrogens with zero attached hydrogens (tertiary/aromatic N) is 1. The molecule has 7 heteroatoms. The van der Waals surface area contributed by atoms with E-state index in [4.69, 9.17) is 9.84 Å². The summed E-state index contributed by atoms with van der Waals surface area (Å²) in [6.45, 7) is 5.48. The molecular weight excluding hydrogens is 356 g/mol. The lowest BCUT2D eigenvalue weighted by molar-refractivity contribution is -0.143. The van der Waals surface area contributed by atoms with Gasteiger partial charge in [-0.05, 0) is 43.5 Å². The lowest BCUT2D eigenvalue weighted by atomic mass is 9.97. The maximum absolute atomic E-state index is 12.2. The van der Waals surface area contributed by atoms with Gasteiger partial charge in [0.15, 0.2) is 0 Å². The normalized spacial score (nSPS) is 15.3. The third kappa shape index (κ3) is 7.32. The highest BCUT2D eigenvalue weighted by Gasteiger charge is 2.25. The first-order valence-electron chi connectivity index (χ1n) is 8.96. The minimum absolute atomic E-state index is 0. The molecule has 1 amide bonds. The molecule has 0 atom stereocenters. The number of amides is 1. The zero-order chi connectivity index (χ0) is 18.1. The first-order chi connectivity index (χ1) is 12.1. The minimum Gasteiger partial charge on any atom is -0.481 e. The highest BCUT2D eigenvalue weighted by molar-refractivity contribution is 5.85. The Kier molecular flexibility index (Phi) is 10.2. The molecule has 2 N–H and O–H groups in total. The largest absolute Gasteiger partial charge is 0.481 e. The summed E-state index contributed by atoms with van der Waals surface area (Å²) < 4.78 is 5.60. The van der Waals surface area contributed by atoms with Crippen LogP contribution in [0.3, 0.4) is 0 Å². The third-order valence-electron chi connectivity index (χ3n) is 4.50. The number of likely N-dealkylation sites (tertiary alicyclic amines) is 1. The number of benzene rings is 1. The fourth-order valence-electron chi connectivity index (χ4n) is 2.99. The molecule has 0 aliphatic carbocycles. The van der Waals surface area contributed by atoms with E-state index in [1.54, 1.807) is 0 Å². The zero-order valence-corrected chi connectivity index (χ0v) is 16.1. The number of aliphatic carboxylic acids is 1. The Hall–Kier alpha value is -1.63. The number of hydrogen-bond donors (Lipinski definition) is 2. The molecule has 1 saturated heterocycles. The van der Waals surface area contributed by atoms with E-state index in [1.165, 1.54) is 0 Å². The molecule has 1 heterocycles. The van der Waals surface area contributed by atoms with Gasteiger partial charge < -0.3 is 15.2 Å². The number of carbonyl (C=O) groups excluding carboxylic acids is 1. The summed E-state index contributed by atoms with van der Waals surface area (Å²) in [6.07, 6.45) is 2.21. The van der Waals surface area contributed by atoms with Crippen LogP contribution in [0, 0.1) is 5.92 Å². The number of ether oxygens (including phenoxy) is 1. The van der Waals surface area contributed by atoms with Crippen LogP contribution in [-0.4, -0.2) is 48.1 Å². The second-order valence-corrected chi connectivity index (χ2v) is 6.49. The van der Waals surface area contributed by atoms with Gasteiger partial charge >= 0.3 is 5.97 Å². The Morgan fingerprint density at radius 3 is 2.50 bits per heavy atom. The number of piperidine rings is 1. The number of carbonyl (C=O) groups is 2. The van der Waals surface area contributed by atoms with E-state index < -0.39 is 5.97 Å². The number of nitrogens with one attached hydrogen (secondary N) is 1. The lowest BCUT2D eigenvalue weighted by Gasteiger charge is -2.29. The van der Waals surface area contributed by atoms with Crippen LogP contribution in [0.4, 0.5) is 0 Å². The first kappa shape index (κ1) is 22.4. The Balaban J connectivity index is 0.00000338. The first-order valence-corrected chi connectivity index (χ1v) is 8.96. The Labute approximate surface area is 161 Å². The molecule has 1 fully saturated rings. The molecule has 0 unspecified atom stereocenters. The van der Waals surface area contributed by atoms with Crippen LogP contribution < -0.4 is 5.32 Å². The highest BCUT2D eigenvalue weighted by Crippen LogP contribution is 2.17. The van der Waals surface area contributed by atoms with E-state index in [2.05, 4.69) is 12.2 Å². The summed E-state index contributed by atoms with van der Waals surface area (Å²) in [7, 11) is 0. The molecule has 0 aromatic heterocycles. The number of hydrogen-bond acceptors (Lipinski definition) is 4. The van der Waals surface area contributed by atoms with Crippen molar-refractivity contribution in [1.82, 2.24) is 10.2 Å². The van der Waals surface area contributed by atoms with Crippen molar-refractivity contribution in [3.63, 3.8) is 0 Å². The van der Waals surface area contributed by atoms with Gasteiger partial charge in [0.05, 0.1) is 19.1 Å². The van der Waals surface area contributed by atoms with Crippen molar-refractivity contribution in [1.29, 1.82) is 0 Å². The molecule has 1 aliphatic rings. The summed E-state index contributed by atoms with van der Waals surface area (Å²) in [5.41, 5.74) is 2.16. The van der Waals surface area contributed by atoms with Gasteiger partial charge in [0.25, 0.3) is 0 Å². The third-order valence-corrected chi connectivity index (χ3v) is 4.50. The standard InChI is InChI=1S/C19H28N2O4.ClH/c1-2-11-25-14-17-6-4-3-5-16(17)12-20-18(22)13-21-9-7-15(8-10-21)19(23)24;/h3-6,15H,2,7-14H2,1H3,(H,20,22)(H,23,24);1H. The lowest BCUT2D eigenvalue weighted by Crippen LogP contribution is -2.42. The second kappa shape index (κ2) is 11.9. The van der Waals surface area contributed by atoms with Crippen LogP contribution in [-0.2, 0) is 27.5 Å².